The molecule has 0 spiro atoms. The van der Waals surface area contributed by atoms with Gasteiger partial charge in [-0.15, -0.1) is 0 Å². The Hall–Kier alpha value is -1.10. The molecular weight excluding hydrogens is 264 g/mol. The third-order valence-electron chi connectivity index (χ3n) is 3.82. The second-order valence-corrected chi connectivity index (χ2v) is 6.10. The zero-order valence-electron chi connectivity index (χ0n) is 13.4. The minimum absolute atomic E-state index is 0.117. The third kappa shape index (κ3) is 4.99. The van der Waals surface area contributed by atoms with Crippen LogP contribution in [-0.2, 0) is 0 Å². The molecule has 1 saturated heterocycles. The standard InChI is InChI=1S/C17H28N2O2/c1-13(2)21-17-5-4-14(3)12-15(17)16(20)6-9-19-10-7-18-8-11-19/h4-5,12-13,16,18,20H,6-11H2,1-3H3. The minimum atomic E-state index is -0.464. The number of hydrogen-bond donors (Lipinski definition) is 2. The maximum Gasteiger partial charge on any atom is 0.125 e. The zero-order valence-corrected chi connectivity index (χ0v) is 13.4. The first-order valence-electron chi connectivity index (χ1n) is 7.94. The van der Waals surface area contributed by atoms with Gasteiger partial charge in [0.05, 0.1) is 12.2 Å². The van der Waals surface area contributed by atoms with Gasteiger partial charge in [-0.25, -0.2) is 0 Å². The highest BCUT2D eigenvalue weighted by Crippen LogP contribution is 2.29. The summed E-state index contributed by atoms with van der Waals surface area (Å²) in [5.74, 6) is 0.809. The molecule has 0 aliphatic carbocycles. The highest BCUT2D eigenvalue weighted by molar-refractivity contribution is 5.38. The average Bonchev–Trinajstić information content (AvgIpc) is 2.47. The van der Waals surface area contributed by atoms with E-state index < -0.39 is 6.10 Å². The van der Waals surface area contributed by atoms with Gasteiger partial charge < -0.3 is 20.1 Å². The van der Waals surface area contributed by atoms with Crippen LogP contribution < -0.4 is 10.1 Å². The van der Waals surface area contributed by atoms with Crippen molar-refractivity contribution < 1.29 is 9.84 Å². The molecule has 2 N–H and O–H groups in total. The van der Waals surface area contributed by atoms with E-state index in [4.69, 9.17) is 4.74 Å². The van der Waals surface area contributed by atoms with Crippen molar-refractivity contribution in [3.05, 3.63) is 29.3 Å². The lowest BCUT2D eigenvalue weighted by Gasteiger charge is -2.28. The maximum atomic E-state index is 10.5. The fourth-order valence-corrected chi connectivity index (χ4v) is 2.68. The van der Waals surface area contributed by atoms with Crippen molar-refractivity contribution in [2.45, 2.75) is 39.4 Å². The molecule has 1 atom stereocenters. The minimum Gasteiger partial charge on any atom is -0.491 e. The van der Waals surface area contributed by atoms with Gasteiger partial charge in [0, 0.05) is 38.3 Å². The van der Waals surface area contributed by atoms with Crippen molar-refractivity contribution >= 4 is 0 Å². The smallest absolute Gasteiger partial charge is 0.125 e. The van der Waals surface area contributed by atoms with Crippen molar-refractivity contribution in [3.8, 4) is 5.75 Å². The topological polar surface area (TPSA) is 44.7 Å². The lowest BCUT2D eigenvalue weighted by atomic mass is 10.0. The third-order valence-corrected chi connectivity index (χ3v) is 3.82. The summed E-state index contributed by atoms with van der Waals surface area (Å²) in [7, 11) is 0. The summed E-state index contributed by atoms with van der Waals surface area (Å²) in [6.07, 6.45) is 0.401. The molecular formula is C17H28N2O2. The number of nitrogens with zero attached hydrogens (tertiary/aromatic N) is 1. The predicted molar refractivity (Wildman–Crippen MR) is 85.8 cm³/mol. The van der Waals surface area contributed by atoms with E-state index in [9.17, 15) is 5.11 Å². The molecule has 1 aliphatic heterocycles. The molecule has 4 nitrogen and oxygen atoms in total. The molecule has 118 valence electrons. The summed E-state index contributed by atoms with van der Waals surface area (Å²) in [6.45, 7) is 11.2. The lowest BCUT2D eigenvalue weighted by molar-refractivity contribution is 0.130. The fraction of sp³-hybridized carbons (Fsp3) is 0.647. The molecule has 1 heterocycles. The van der Waals surface area contributed by atoms with Crippen molar-refractivity contribution in [2.24, 2.45) is 0 Å². The maximum absolute atomic E-state index is 10.5. The molecule has 1 aliphatic rings. The van der Waals surface area contributed by atoms with Crippen LogP contribution in [-0.4, -0.2) is 48.8 Å². The summed E-state index contributed by atoms with van der Waals surface area (Å²) < 4.78 is 5.83. The second kappa shape index (κ2) is 7.78. The van der Waals surface area contributed by atoms with Crippen LogP contribution in [0.1, 0.15) is 37.5 Å². The van der Waals surface area contributed by atoms with E-state index >= 15 is 0 Å². The average molecular weight is 292 g/mol. The molecule has 1 aromatic rings. The van der Waals surface area contributed by atoms with E-state index in [1.165, 1.54) is 0 Å². The van der Waals surface area contributed by atoms with Gasteiger partial charge in [-0.2, -0.15) is 0 Å². The molecule has 0 bridgehead atoms. The Balaban J connectivity index is 1.99. The van der Waals surface area contributed by atoms with Crippen LogP contribution in [0.25, 0.3) is 0 Å². The van der Waals surface area contributed by atoms with Crippen LogP contribution in [0.5, 0.6) is 5.75 Å². The fourth-order valence-electron chi connectivity index (χ4n) is 2.68. The van der Waals surface area contributed by atoms with Crippen LogP contribution >= 0.6 is 0 Å². The first-order chi connectivity index (χ1) is 10.1. The number of hydrogen-bond acceptors (Lipinski definition) is 4. The Kier molecular flexibility index (Phi) is 6.03. The van der Waals surface area contributed by atoms with Crippen LogP contribution in [0.2, 0.25) is 0 Å². The first-order valence-corrected chi connectivity index (χ1v) is 7.94. The van der Waals surface area contributed by atoms with Crippen LogP contribution in [0, 0.1) is 6.92 Å². The van der Waals surface area contributed by atoms with Gasteiger partial charge in [0.2, 0.25) is 0 Å². The Labute approximate surface area is 128 Å². The summed E-state index contributed by atoms with van der Waals surface area (Å²) in [5, 5.41) is 13.9. The van der Waals surface area contributed by atoms with Gasteiger partial charge in [-0.1, -0.05) is 11.6 Å². The number of piperazine rings is 1. The number of benzene rings is 1. The highest BCUT2D eigenvalue weighted by Gasteiger charge is 2.17. The van der Waals surface area contributed by atoms with Crippen molar-refractivity contribution in [1.82, 2.24) is 10.2 Å². The molecule has 0 amide bonds. The van der Waals surface area contributed by atoms with Crippen molar-refractivity contribution in [3.63, 3.8) is 0 Å². The van der Waals surface area contributed by atoms with E-state index in [0.717, 1.165) is 56.0 Å². The summed E-state index contributed by atoms with van der Waals surface area (Å²) >= 11 is 0. The first kappa shape index (κ1) is 16.3. The highest BCUT2D eigenvalue weighted by atomic mass is 16.5. The van der Waals surface area contributed by atoms with Crippen LogP contribution in [0.4, 0.5) is 0 Å². The quantitative estimate of drug-likeness (QED) is 0.843. The van der Waals surface area contributed by atoms with Crippen molar-refractivity contribution in [1.29, 1.82) is 0 Å². The van der Waals surface area contributed by atoms with Crippen LogP contribution in [0.15, 0.2) is 18.2 Å². The van der Waals surface area contributed by atoms with E-state index in [0.29, 0.717) is 0 Å². The van der Waals surface area contributed by atoms with E-state index in [1.54, 1.807) is 0 Å². The van der Waals surface area contributed by atoms with Gasteiger partial charge in [0.25, 0.3) is 0 Å². The molecule has 4 heteroatoms. The normalized spacial score (nSPS) is 18.0. The Morgan fingerprint density at radius 1 is 1.29 bits per heavy atom. The van der Waals surface area contributed by atoms with Gasteiger partial charge in [0.1, 0.15) is 5.75 Å². The number of aryl methyl sites for hydroxylation is 1. The van der Waals surface area contributed by atoms with Crippen LogP contribution in [0.3, 0.4) is 0 Å². The number of rotatable bonds is 6. The SMILES string of the molecule is Cc1ccc(OC(C)C)c(C(O)CCN2CCNCC2)c1. The number of aliphatic hydroxyl groups excluding tert-OH is 1. The van der Waals surface area contributed by atoms with Gasteiger partial charge in [0.15, 0.2) is 0 Å². The number of ether oxygens (including phenoxy) is 1. The Bertz CT molecular complexity index is 442. The molecule has 0 aromatic heterocycles. The molecule has 1 aromatic carbocycles. The van der Waals surface area contributed by atoms with E-state index in [-0.39, 0.29) is 6.10 Å². The summed E-state index contributed by atoms with van der Waals surface area (Å²) in [6, 6.07) is 6.04. The second-order valence-electron chi connectivity index (χ2n) is 6.10. The zero-order chi connectivity index (χ0) is 15.2. The van der Waals surface area contributed by atoms with Gasteiger partial charge in [-0.3, -0.25) is 0 Å². The van der Waals surface area contributed by atoms with E-state index in [1.807, 2.05) is 39.0 Å². The van der Waals surface area contributed by atoms with E-state index in [2.05, 4.69) is 10.2 Å². The molecule has 0 saturated carbocycles. The Morgan fingerprint density at radius 2 is 2.00 bits per heavy atom. The summed E-state index contributed by atoms with van der Waals surface area (Å²) in [5.41, 5.74) is 2.07. The van der Waals surface area contributed by atoms with Crippen molar-refractivity contribution in [2.75, 3.05) is 32.7 Å². The number of aliphatic hydroxyl groups is 1. The molecule has 21 heavy (non-hydrogen) atoms. The lowest BCUT2D eigenvalue weighted by Crippen LogP contribution is -2.44. The molecule has 1 unspecified atom stereocenters. The molecule has 0 radical (unpaired) electrons. The molecule has 2 rings (SSSR count). The largest absolute Gasteiger partial charge is 0.491 e. The van der Waals surface area contributed by atoms with Gasteiger partial charge >= 0.3 is 0 Å². The monoisotopic (exact) mass is 292 g/mol. The van der Waals surface area contributed by atoms with Gasteiger partial charge in [-0.05, 0) is 39.3 Å². The predicted octanol–water partition coefficient (Wildman–Crippen LogP) is 2.11. The molecule has 1 fully saturated rings. The Morgan fingerprint density at radius 3 is 2.67 bits per heavy atom. The summed E-state index contributed by atoms with van der Waals surface area (Å²) in [4.78, 5) is 2.40. The number of nitrogens with one attached hydrogen (secondary N) is 1.